The number of halogens is 1. The Bertz CT molecular complexity index is 918. The molecular weight excluding hydrogens is 372 g/mol. The Labute approximate surface area is 159 Å². The molecule has 1 aromatic heterocycles. The molecule has 1 saturated carbocycles. The molecule has 2 aromatic rings. The van der Waals surface area contributed by atoms with Crippen LogP contribution >= 0.6 is 11.6 Å². The second kappa shape index (κ2) is 7.76. The van der Waals surface area contributed by atoms with Gasteiger partial charge in [-0.3, -0.25) is 4.98 Å². The molecule has 5 nitrogen and oxygen atoms in total. The Morgan fingerprint density at radius 3 is 2.54 bits per heavy atom. The smallest absolute Gasteiger partial charge is 0.176 e. The number of aryl methyl sites for hydroxylation is 1. The first-order valence-corrected chi connectivity index (χ1v) is 10.8. The van der Waals surface area contributed by atoms with Crippen LogP contribution < -0.4 is 0 Å². The minimum Gasteiger partial charge on any atom is -0.392 e. The van der Waals surface area contributed by atoms with Crippen molar-refractivity contribution < 1.29 is 13.3 Å². The molecule has 3 rings (SSSR count). The first-order valence-electron chi connectivity index (χ1n) is 8.51. The predicted octanol–water partition coefficient (Wildman–Crippen LogP) is 4.16. The maximum Gasteiger partial charge on any atom is 0.176 e. The lowest BCUT2D eigenvalue weighted by molar-refractivity contribution is 0.0647. The minimum absolute atomic E-state index is 0.0934. The van der Waals surface area contributed by atoms with E-state index >= 15 is 0 Å². The van der Waals surface area contributed by atoms with Crippen LogP contribution in [-0.4, -0.2) is 31.5 Å². The van der Waals surface area contributed by atoms with E-state index in [4.69, 9.17) is 16.4 Å². The summed E-state index contributed by atoms with van der Waals surface area (Å²) in [4.78, 5) is 10.3. The van der Waals surface area contributed by atoms with Gasteiger partial charge in [-0.25, -0.2) is 8.42 Å². The van der Waals surface area contributed by atoms with Crippen LogP contribution in [0.4, 0.5) is 0 Å². The van der Waals surface area contributed by atoms with E-state index in [1.54, 1.807) is 18.3 Å². The van der Waals surface area contributed by atoms with Crippen molar-refractivity contribution in [2.24, 2.45) is 5.16 Å². The van der Waals surface area contributed by atoms with E-state index in [9.17, 15) is 8.42 Å². The van der Waals surface area contributed by atoms with Crippen molar-refractivity contribution in [3.05, 3.63) is 58.4 Å². The molecule has 1 heterocycles. The van der Waals surface area contributed by atoms with Crippen molar-refractivity contribution in [3.63, 3.8) is 0 Å². The third kappa shape index (κ3) is 4.43. The summed E-state index contributed by atoms with van der Waals surface area (Å²) in [6, 6.07) is 8.58. The molecule has 1 fully saturated rings. The van der Waals surface area contributed by atoms with Crippen LogP contribution in [0.2, 0.25) is 5.02 Å². The van der Waals surface area contributed by atoms with Crippen LogP contribution in [0.15, 0.2) is 46.6 Å². The average Bonchev–Trinajstić information content (AvgIpc) is 3.09. The first kappa shape index (κ1) is 18.9. The quantitative estimate of drug-likeness (QED) is 0.566. The second-order valence-corrected chi connectivity index (χ2v) is 8.98. The lowest BCUT2D eigenvalue weighted by atomic mass is 10.1. The molecule has 0 bridgehead atoms. The topological polar surface area (TPSA) is 68.6 Å². The Morgan fingerprint density at radius 1 is 1.23 bits per heavy atom. The first-order chi connectivity index (χ1) is 12.3. The van der Waals surface area contributed by atoms with Gasteiger partial charge < -0.3 is 4.84 Å². The van der Waals surface area contributed by atoms with Crippen LogP contribution in [0.5, 0.6) is 0 Å². The maximum atomic E-state index is 11.8. The zero-order valence-corrected chi connectivity index (χ0v) is 16.3. The van der Waals surface area contributed by atoms with Gasteiger partial charge >= 0.3 is 0 Å². The number of pyridine rings is 1. The van der Waals surface area contributed by atoms with Gasteiger partial charge in [0.05, 0.1) is 15.6 Å². The normalized spacial score (nSPS) is 16.0. The fourth-order valence-corrected chi connectivity index (χ4v) is 4.25. The fraction of sp³-hybridized carbons (Fsp3) is 0.368. The summed E-state index contributed by atoms with van der Waals surface area (Å²) in [6.07, 6.45) is 7.28. The monoisotopic (exact) mass is 392 g/mol. The highest BCUT2D eigenvalue weighted by Crippen LogP contribution is 2.25. The Hall–Kier alpha value is -1.92. The number of nitrogens with zero attached hydrogens (tertiary/aromatic N) is 2. The number of oxime groups is 1. The molecule has 1 aliphatic rings. The van der Waals surface area contributed by atoms with E-state index in [0.717, 1.165) is 37.5 Å². The number of hydrogen-bond donors (Lipinski definition) is 0. The molecule has 0 unspecified atom stereocenters. The summed E-state index contributed by atoms with van der Waals surface area (Å²) >= 11 is 6.20. The molecule has 0 aliphatic heterocycles. The minimum atomic E-state index is -3.39. The van der Waals surface area contributed by atoms with Gasteiger partial charge in [-0.15, -0.1) is 0 Å². The Balaban J connectivity index is 2.01. The summed E-state index contributed by atoms with van der Waals surface area (Å²) in [5.74, 6) is 0. The molecule has 1 aromatic carbocycles. The van der Waals surface area contributed by atoms with E-state index in [0.29, 0.717) is 17.0 Å². The summed E-state index contributed by atoms with van der Waals surface area (Å²) in [5, 5.41) is 4.51. The molecule has 26 heavy (non-hydrogen) atoms. The van der Waals surface area contributed by atoms with E-state index < -0.39 is 9.84 Å². The highest BCUT2D eigenvalue weighted by atomic mass is 35.5. The summed E-state index contributed by atoms with van der Waals surface area (Å²) in [5.41, 5.74) is 2.89. The van der Waals surface area contributed by atoms with Gasteiger partial charge in [-0.1, -0.05) is 28.9 Å². The molecule has 7 heteroatoms. The predicted molar refractivity (Wildman–Crippen MR) is 103 cm³/mol. The van der Waals surface area contributed by atoms with Crippen molar-refractivity contribution in [2.75, 3.05) is 6.26 Å². The Morgan fingerprint density at radius 2 is 1.96 bits per heavy atom. The van der Waals surface area contributed by atoms with Crippen molar-refractivity contribution in [1.82, 2.24) is 4.98 Å². The van der Waals surface area contributed by atoms with Crippen LogP contribution in [0.1, 0.15) is 42.5 Å². The standard InChI is InChI=1S/C19H21ClN2O3S/c1-13-7-9-17(21-12-13)19(22-25-15-5-3-4-6-15)14-8-10-18(16(20)11-14)26(2,23)24/h7-12,15H,3-6H2,1-2H3/b22-19-. The van der Waals surface area contributed by atoms with Gasteiger partial charge in [-0.2, -0.15) is 0 Å². The molecule has 0 N–H and O–H groups in total. The third-order valence-electron chi connectivity index (χ3n) is 4.35. The van der Waals surface area contributed by atoms with E-state index in [1.165, 1.54) is 6.07 Å². The number of rotatable bonds is 5. The highest BCUT2D eigenvalue weighted by Gasteiger charge is 2.19. The highest BCUT2D eigenvalue weighted by molar-refractivity contribution is 7.90. The van der Waals surface area contributed by atoms with E-state index in [1.807, 2.05) is 19.1 Å². The zero-order valence-electron chi connectivity index (χ0n) is 14.8. The second-order valence-electron chi connectivity index (χ2n) is 6.59. The van der Waals surface area contributed by atoms with Crippen molar-refractivity contribution in [1.29, 1.82) is 0 Å². The van der Waals surface area contributed by atoms with Crippen LogP contribution in [0.25, 0.3) is 0 Å². The average molecular weight is 393 g/mol. The molecule has 0 atom stereocenters. The SMILES string of the molecule is Cc1ccc(/C(=N\OC2CCCC2)c2ccc(S(C)(=O)=O)c(Cl)c2)nc1. The number of sulfone groups is 1. The van der Waals surface area contributed by atoms with Gasteiger partial charge in [0.1, 0.15) is 11.8 Å². The zero-order chi connectivity index (χ0) is 18.7. The summed E-state index contributed by atoms with van der Waals surface area (Å²) < 4.78 is 23.6. The van der Waals surface area contributed by atoms with Crippen molar-refractivity contribution in [2.45, 2.75) is 43.6 Å². The Kier molecular flexibility index (Phi) is 5.63. The van der Waals surface area contributed by atoms with Crippen LogP contribution in [-0.2, 0) is 14.7 Å². The van der Waals surface area contributed by atoms with E-state index in [2.05, 4.69) is 10.1 Å². The largest absolute Gasteiger partial charge is 0.392 e. The van der Waals surface area contributed by atoms with Gasteiger partial charge in [0, 0.05) is 18.0 Å². The molecule has 1 aliphatic carbocycles. The number of benzene rings is 1. The van der Waals surface area contributed by atoms with Crippen molar-refractivity contribution >= 4 is 27.1 Å². The fourth-order valence-electron chi connectivity index (χ4n) is 2.93. The van der Waals surface area contributed by atoms with Gasteiger partial charge in [0.25, 0.3) is 0 Å². The van der Waals surface area contributed by atoms with Gasteiger partial charge in [-0.05, 0) is 56.4 Å². The third-order valence-corrected chi connectivity index (χ3v) is 5.93. The lowest BCUT2D eigenvalue weighted by Gasteiger charge is -2.12. The molecular formula is C19H21ClN2O3S. The molecule has 0 spiro atoms. The van der Waals surface area contributed by atoms with Crippen LogP contribution in [0.3, 0.4) is 0 Å². The molecule has 0 amide bonds. The van der Waals surface area contributed by atoms with Gasteiger partial charge in [0.2, 0.25) is 0 Å². The van der Waals surface area contributed by atoms with Gasteiger partial charge in [0.15, 0.2) is 9.84 Å². The summed E-state index contributed by atoms with van der Waals surface area (Å²) in [6.45, 7) is 1.96. The lowest BCUT2D eigenvalue weighted by Crippen LogP contribution is -2.11. The molecule has 138 valence electrons. The van der Waals surface area contributed by atoms with E-state index in [-0.39, 0.29) is 16.0 Å². The summed E-state index contributed by atoms with van der Waals surface area (Å²) in [7, 11) is -3.39. The van der Waals surface area contributed by atoms with Crippen molar-refractivity contribution in [3.8, 4) is 0 Å². The molecule has 0 saturated heterocycles. The molecule has 0 radical (unpaired) electrons. The maximum absolute atomic E-state index is 11.8. The number of aromatic nitrogens is 1. The number of hydrogen-bond acceptors (Lipinski definition) is 5. The van der Waals surface area contributed by atoms with Crippen LogP contribution in [0, 0.1) is 6.92 Å².